The minimum Gasteiger partial charge on any atom is -0.373 e. The SMILES string of the molecule is CC1CN(CC2CCCN2C(=O)CCc2ccccc2)CC(C)O1. The molecule has 2 aliphatic heterocycles. The maximum absolute atomic E-state index is 12.7. The van der Waals surface area contributed by atoms with E-state index in [4.69, 9.17) is 4.74 Å². The molecule has 0 N–H and O–H groups in total. The van der Waals surface area contributed by atoms with Crippen LogP contribution in [0.2, 0.25) is 0 Å². The van der Waals surface area contributed by atoms with Crippen molar-refractivity contribution in [2.45, 2.75) is 57.8 Å². The fourth-order valence-electron chi connectivity index (χ4n) is 4.12. The summed E-state index contributed by atoms with van der Waals surface area (Å²) in [7, 11) is 0. The maximum atomic E-state index is 12.7. The molecular weight excluding hydrogens is 300 g/mol. The van der Waals surface area contributed by atoms with Gasteiger partial charge in [-0.05, 0) is 38.7 Å². The van der Waals surface area contributed by atoms with E-state index in [9.17, 15) is 4.79 Å². The molecule has 1 aromatic rings. The van der Waals surface area contributed by atoms with Crippen molar-refractivity contribution in [1.29, 1.82) is 0 Å². The third-order valence-electron chi connectivity index (χ3n) is 5.13. The highest BCUT2D eigenvalue weighted by Crippen LogP contribution is 2.22. The number of rotatable bonds is 5. The molecule has 0 aromatic heterocycles. The zero-order valence-electron chi connectivity index (χ0n) is 15.0. The number of carbonyl (C=O) groups is 1. The van der Waals surface area contributed by atoms with E-state index in [1.54, 1.807) is 0 Å². The molecule has 3 rings (SSSR count). The Hall–Kier alpha value is -1.39. The van der Waals surface area contributed by atoms with Crippen molar-refractivity contribution in [1.82, 2.24) is 9.80 Å². The van der Waals surface area contributed by atoms with Crippen molar-refractivity contribution in [3.05, 3.63) is 35.9 Å². The smallest absolute Gasteiger partial charge is 0.223 e. The molecule has 1 aromatic carbocycles. The summed E-state index contributed by atoms with van der Waals surface area (Å²) < 4.78 is 5.82. The van der Waals surface area contributed by atoms with Gasteiger partial charge in [-0.2, -0.15) is 0 Å². The van der Waals surface area contributed by atoms with Crippen molar-refractivity contribution in [3.8, 4) is 0 Å². The summed E-state index contributed by atoms with van der Waals surface area (Å²) in [5.41, 5.74) is 1.25. The second-order valence-corrected chi connectivity index (χ2v) is 7.34. The summed E-state index contributed by atoms with van der Waals surface area (Å²) in [6.45, 7) is 8.16. The van der Waals surface area contributed by atoms with E-state index >= 15 is 0 Å². The molecule has 0 spiro atoms. The molecule has 0 saturated carbocycles. The molecule has 2 saturated heterocycles. The molecule has 24 heavy (non-hydrogen) atoms. The van der Waals surface area contributed by atoms with Crippen molar-refractivity contribution in [2.24, 2.45) is 0 Å². The molecule has 2 heterocycles. The Kier molecular flexibility index (Phi) is 5.90. The highest BCUT2D eigenvalue weighted by Gasteiger charge is 2.32. The van der Waals surface area contributed by atoms with Gasteiger partial charge in [0, 0.05) is 38.6 Å². The van der Waals surface area contributed by atoms with Crippen LogP contribution in [0.3, 0.4) is 0 Å². The van der Waals surface area contributed by atoms with Gasteiger partial charge in [0.15, 0.2) is 0 Å². The molecule has 4 heteroatoms. The van der Waals surface area contributed by atoms with Crippen LogP contribution < -0.4 is 0 Å². The summed E-state index contributed by atoms with van der Waals surface area (Å²) in [5, 5.41) is 0. The third-order valence-corrected chi connectivity index (χ3v) is 5.13. The van der Waals surface area contributed by atoms with E-state index < -0.39 is 0 Å². The predicted molar refractivity (Wildman–Crippen MR) is 95.9 cm³/mol. The number of hydrogen-bond donors (Lipinski definition) is 0. The Morgan fingerprint density at radius 1 is 1.17 bits per heavy atom. The molecule has 1 amide bonds. The van der Waals surface area contributed by atoms with Crippen LogP contribution in [0.1, 0.15) is 38.7 Å². The lowest BCUT2D eigenvalue weighted by Gasteiger charge is -2.38. The minimum atomic E-state index is 0.289. The standard InChI is InChI=1S/C20H30N2O2/c1-16-13-21(14-17(2)24-16)15-19-9-6-12-22(19)20(23)11-10-18-7-4-3-5-8-18/h3-5,7-8,16-17,19H,6,9-15H2,1-2H3. The Morgan fingerprint density at radius 2 is 1.88 bits per heavy atom. The second-order valence-electron chi connectivity index (χ2n) is 7.34. The lowest BCUT2D eigenvalue weighted by Crippen LogP contribution is -2.50. The first-order valence-electron chi connectivity index (χ1n) is 9.33. The van der Waals surface area contributed by atoms with Crippen LogP contribution in [-0.2, 0) is 16.0 Å². The molecule has 0 radical (unpaired) electrons. The summed E-state index contributed by atoms with van der Waals surface area (Å²) in [5.74, 6) is 0.315. The lowest BCUT2D eigenvalue weighted by molar-refractivity contribution is -0.133. The van der Waals surface area contributed by atoms with E-state index in [-0.39, 0.29) is 12.2 Å². The largest absolute Gasteiger partial charge is 0.373 e. The number of nitrogens with zero attached hydrogens (tertiary/aromatic N) is 2. The number of carbonyl (C=O) groups excluding carboxylic acids is 1. The van der Waals surface area contributed by atoms with Gasteiger partial charge in [0.1, 0.15) is 0 Å². The summed E-state index contributed by atoms with van der Waals surface area (Å²) >= 11 is 0. The monoisotopic (exact) mass is 330 g/mol. The number of likely N-dealkylation sites (tertiary alicyclic amines) is 1. The second kappa shape index (κ2) is 8.13. The molecule has 2 fully saturated rings. The van der Waals surface area contributed by atoms with Crippen molar-refractivity contribution >= 4 is 5.91 Å². The first-order valence-corrected chi connectivity index (χ1v) is 9.33. The van der Waals surface area contributed by atoms with Crippen LogP contribution >= 0.6 is 0 Å². The molecular formula is C20H30N2O2. The van der Waals surface area contributed by atoms with Gasteiger partial charge in [0.05, 0.1) is 12.2 Å². The van der Waals surface area contributed by atoms with Gasteiger partial charge < -0.3 is 9.64 Å². The van der Waals surface area contributed by atoms with Gasteiger partial charge >= 0.3 is 0 Å². The number of hydrogen-bond acceptors (Lipinski definition) is 3. The number of aryl methyl sites for hydroxylation is 1. The van der Waals surface area contributed by atoms with E-state index in [1.807, 2.05) is 18.2 Å². The van der Waals surface area contributed by atoms with Gasteiger partial charge in [0.25, 0.3) is 0 Å². The Balaban J connectivity index is 1.52. The highest BCUT2D eigenvalue weighted by molar-refractivity contribution is 5.77. The third kappa shape index (κ3) is 4.58. The quantitative estimate of drug-likeness (QED) is 0.832. The molecule has 3 unspecified atom stereocenters. The fourth-order valence-corrected chi connectivity index (χ4v) is 4.12. The van der Waals surface area contributed by atoms with Crippen LogP contribution in [0.4, 0.5) is 0 Å². The number of ether oxygens (including phenoxy) is 1. The molecule has 4 nitrogen and oxygen atoms in total. The number of benzene rings is 1. The Bertz CT molecular complexity index is 524. The van der Waals surface area contributed by atoms with E-state index in [0.717, 1.165) is 45.4 Å². The number of morpholine rings is 1. The Labute approximate surface area is 145 Å². The Morgan fingerprint density at radius 3 is 2.58 bits per heavy atom. The zero-order valence-corrected chi connectivity index (χ0v) is 15.0. The van der Waals surface area contributed by atoms with Crippen LogP contribution in [0.15, 0.2) is 30.3 Å². The van der Waals surface area contributed by atoms with E-state index in [2.05, 4.69) is 35.8 Å². The van der Waals surface area contributed by atoms with Crippen molar-refractivity contribution in [3.63, 3.8) is 0 Å². The van der Waals surface area contributed by atoms with Gasteiger partial charge in [-0.3, -0.25) is 9.69 Å². The average molecular weight is 330 g/mol. The van der Waals surface area contributed by atoms with Gasteiger partial charge in [0.2, 0.25) is 5.91 Å². The van der Waals surface area contributed by atoms with Gasteiger partial charge in [-0.1, -0.05) is 30.3 Å². The predicted octanol–water partition coefficient (Wildman–Crippen LogP) is 2.72. The lowest BCUT2D eigenvalue weighted by atomic mass is 10.1. The maximum Gasteiger partial charge on any atom is 0.223 e. The normalized spacial score (nSPS) is 28.2. The minimum absolute atomic E-state index is 0.289. The topological polar surface area (TPSA) is 32.8 Å². The molecule has 132 valence electrons. The van der Waals surface area contributed by atoms with Crippen molar-refractivity contribution < 1.29 is 9.53 Å². The summed E-state index contributed by atoms with van der Waals surface area (Å²) in [4.78, 5) is 17.3. The van der Waals surface area contributed by atoms with E-state index in [1.165, 1.54) is 5.56 Å². The molecule has 0 bridgehead atoms. The summed E-state index contributed by atoms with van der Waals surface area (Å²) in [6.07, 6.45) is 4.31. The average Bonchev–Trinajstić information content (AvgIpc) is 3.01. The summed E-state index contributed by atoms with van der Waals surface area (Å²) in [6, 6.07) is 10.7. The highest BCUT2D eigenvalue weighted by atomic mass is 16.5. The van der Waals surface area contributed by atoms with E-state index in [0.29, 0.717) is 18.4 Å². The molecule has 2 aliphatic rings. The van der Waals surface area contributed by atoms with Gasteiger partial charge in [-0.15, -0.1) is 0 Å². The molecule has 0 aliphatic carbocycles. The van der Waals surface area contributed by atoms with Crippen LogP contribution in [0, 0.1) is 0 Å². The fraction of sp³-hybridized carbons (Fsp3) is 0.650. The van der Waals surface area contributed by atoms with Crippen LogP contribution in [0.25, 0.3) is 0 Å². The van der Waals surface area contributed by atoms with Crippen molar-refractivity contribution in [2.75, 3.05) is 26.2 Å². The zero-order chi connectivity index (χ0) is 16.9. The van der Waals surface area contributed by atoms with Crippen LogP contribution in [-0.4, -0.2) is 60.1 Å². The van der Waals surface area contributed by atoms with Crippen LogP contribution in [0.5, 0.6) is 0 Å². The van der Waals surface area contributed by atoms with Gasteiger partial charge in [-0.25, -0.2) is 0 Å². The first-order chi connectivity index (χ1) is 11.6. The number of amides is 1. The first kappa shape index (κ1) is 17.4. The molecule has 3 atom stereocenters.